The summed E-state index contributed by atoms with van der Waals surface area (Å²) in [4.78, 5) is 23.9. The average Bonchev–Trinajstić information content (AvgIpc) is 3.15. The first-order valence-electron chi connectivity index (χ1n) is 7.39. The Kier molecular flexibility index (Phi) is 6.53. The van der Waals surface area contributed by atoms with Gasteiger partial charge in [-0.05, 0) is 29.6 Å². The van der Waals surface area contributed by atoms with Crippen molar-refractivity contribution < 1.29 is 24.2 Å². The topological polar surface area (TPSA) is 97.2 Å². The molecule has 0 atom stereocenters. The maximum Gasteiger partial charge on any atom is 0.303 e. The van der Waals surface area contributed by atoms with E-state index in [0.29, 0.717) is 22.8 Å². The number of hydrazone groups is 1. The Hall–Kier alpha value is -2.87. The maximum atomic E-state index is 12.3. The molecule has 1 amide bonds. The second-order valence-electron chi connectivity index (χ2n) is 4.94. The third kappa shape index (κ3) is 5.05. The minimum atomic E-state index is -0.921. The predicted octanol–water partition coefficient (Wildman–Crippen LogP) is 2.76. The zero-order chi connectivity index (χ0) is 18.2. The van der Waals surface area contributed by atoms with Crippen LogP contribution in [0.25, 0.3) is 0 Å². The summed E-state index contributed by atoms with van der Waals surface area (Å²) in [6.07, 6.45) is 0.158. The van der Waals surface area contributed by atoms with E-state index in [1.54, 1.807) is 18.2 Å². The number of carbonyl (C=O) groups excluding carboxylic acids is 1. The minimum Gasteiger partial charge on any atom is -0.493 e. The Bertz CT molecular complexity index is 771. The van der Waals surface area contributed by atoms with Crippen LogP contribution in [0, 0.1) is 0 Å². The monoisotopic (exact) mass is 362 g/mol. The van der Waals surface area contributed by atoms with Crippen molar-refractivity contribution in [2.45, 2.75) is 12.8 Å². The molecule has 1 aromatic heterocycles. The van der Waals surface area contributed by atoms with E-state index in [-0.39, 0.29) is 12.8 Å². The number of ether oxygens (including phenoxy) is 2. The number of aliphatic carboxylic acids is 1. The summed E-state index contributed by atoms with van der Waals surface area (Å²) in [6, 6.07) is 8.43. The fraction of sp³-hybridized carbons (Fsp3) is 0.235. The molecule has 0 radical (unpaired) electrons. The molecule has 0 bridgehead atoms. The first-order chi connectivity index (χ1) is 12.0. The molecule has 2 aromatic rings. The van der Waals surface area contributed by atoms with Gasteiger partial charge in [-0.15, -0.1) is 11.3 Å². The number of nitrogens with zero attached hydrogens (tertiary/aromatic N) is 1. The van der Waals surface area contributed by atoms with E-state index in [1.807, 2.05) is 17.5 Å². The van der Waals surface area contributed by atoms with Crippen LogP contribution < -0.4 is 14.9 Å². The number of nitrogens with one attached hydrogen (secondary N) is 1. The van der Waals surface area contributed by atoms with E-state index in [2.05, 4.69) is 10.5 Å². The van der Waals surface area contributed by atoms with Gasteiger partial charge in [-0.1, -0.05) is 6.07 Å². The summed E-state index contributed by atoms with van der Waals surface area (Å²) in [5.41, 5.74) is 3.34. The van der Waals surface area contributed by atoms with Crippen molar-refractivity contribution in [1.82, 2.24) is 5.43 Å². The number of amides is 1. The van der Waals surface area contributed by atoms with Crippen LogP contribution >= 0.6 is 11.3 Å². The quantitative estimate of drug-likeness (QED) is 0.556. The van der Waals surface area contributed by atoms with Gasteiger partial charge in [0, 0.05) is 12.0 Å². The Morgan fingerprint density at radius 3 is 2.52 bits per heavy atom. The molecular formula is C17H18N2O5S. The number of thiophene rings is 1. The van der Waals surface area contributed by atoms with E-state index in [9.17, 15) is 9.59 Å². The number of hydrogen-bond donors (Lipinski definition) is 2. The van der Waals surface area contributed by atoms with E-state index in [0.717, 1.165) is 4.88 Å². The molecule has 7 nitrogen and oxygen atoms in total. The zero-order valence-electron chi connectivity index (χ0n) is 13.8. The van der Waals surface area contributed by atoms with Gasteiger partial charge < -0.3 is 14.6 Å². The van der Waals surface area contributed by atoms with E-state index >= 15 is 0 Å². The molecule has 1 aromatic carbocycles. The third-order valence-corrected chi connectivity index (χ3v) is 4.24. The van der Waals surface area contributed by atoms with Crippen molar-refractivity contribution in [2.75, 3.05) is 14.2 Å². The average molecular weight is 362 g/mol. The molecule has 0 spiro atoms. The molecule has 0 fully saturated rings. The summed E-state index contributed by atoms with van der Waals surface area (Å²) >= 11 is 1.43. The van der Waals surface area contributed by atoms with Gasteiger partial charge in [0.25, 0.3) is 5.91 Å². The molecular weight excluding hydrogens is 344 g/mol. The molecule has 132 valence electrons. The maximum absolute atomic E-state index is 12.3. The highest BCUT2D eigenvalue weighted by atomic mass is 32.1. The van der Waals surface area contributed by atoms with Crippen molar-refractivity contribution in [3.05, 3.63) is 46.2 Å². The second kappa shape index (κ2) is 8.84. The third-order valence-electron chi connectivity index (χ3n) is 3.32. The van der Waals surface area contributed by atoms with Crippen molar-refractivity contribution in [1.29, 1.82) is 0 Å². The van der Waals surface area contributed by atoms with Crippen LogP contribution in [0.15, 0.2) is 40.8 Å². The van der Waals surface area contributed by atoms with E-state index < -0.39 is 11.9 Å². The Morgan fingerprint density at radius 2 is 1.92 bits per heavy atom. The number of rotatable bonds is 8. The molecule has 0 aliphatic carbocycles. The lowest BCUT2D eigenvalue weighted by Crippen LogP contribution is -2.20. The normalized spacial score (nSPS) is 11.0. The number of benzene rings is 1. The number of carbonyl (C=O) groups is 2. The lowest BCUT2D eigenvalue weighted by Gasteiger charge is -2.09. The van der Waals surface area contributed by atoms with Gasteiger partial charge >= 0.3 is 5.97 Å². The summed E-state index contributed by atoms with van der Waals surface area (Å²) < 4.78 is 10.3. The Labute approximate surface area is 148 Å². The lowest BCUT2D eigenvalue weighted by atomic mass is 10.2. The predicted molar refractivity (Wildman–Crippen MR) is 94.7 cm³/mol. The molecule has 0 aliphatic rings. The molecule has 2 N–H and O–H groups in total. The summed E-state index contributed by atoms with van der Waals surface area (Å²) in [6.45, 7) is 0. The number of methoxy groups -OCH3 is 2. The van der Waals surface area contributed by atoms with Gasteiger partial charge in [0.05, 0.1) is 31.2 Å². The molecule has 1 heterocycles. The molecule has 0 saturated carbocycles. The van der Waals surface area contributed by atoms with Crippen LogP contribution in [0.5, 0.6) is 11.5 Å². The minimum absolute atomic E-state index is 0.0665. The van der Waals surface area contributed by atoms with Crippen LogP contribution in [0.3, 0.4) is 0 Å². The standard InChI is InChI=1S/C17H18N2O5S/c1-23-13-7-5-11(10-14(13)24-2)17(22)19-18-12(6-8-16(20)21)15-4-3-9-25-15/h3-5,7,9-10H,6,8H2,1-2H3,(H,19,22)(H,20,21). The molecule has 2 rings (SSSR count). The number of hydrogen-bond acceptors (Lipinski definition) is 6. The smallest absolute Gasteiger partial charge is 0.303 e. The summed E-state index contributed by atoms with van der Waals surface area (Å²) in [7, 11) is 3.00. The molecule has 0 saturated heterocycles. The second-order valence-corrected chi connectivity index (χ2v) is 5.89. The van der Waals surface area contributed by atoms with Crippen LogP contribution in [0.2, 0.25) is 0 Å². The van der Waals surface area contributed by atoms with Crippen molar-refractivity contribution in [3.63, 3.8) is 0 Å². The van der Waals surface area contributed by atoms with Crippen molar-refractivity contribution >= 4 is 28.9 Å². The van der Waals surface area contributed by atoms with Gasteiger partial charge in [0.15, 0.2) is 11.5 Å². The SMILES string of the molecule is COc1ccc(C(=O)NN=C(CCC(=O)O)c2cccs2)cc1OC. The van der Waals surface area contributed by atoms with Crippen molar-refractivity contribution in [2.24, 2.45) is 5.10 Å². The van der Waals surface area contributed by atoms with Crippen LogP contribution in [-0.2, 0) is 4.79 Å². The lowest BCUT2D eigenvalue weighted by molar-refractivity contribution is -0.136. The molecule has 8 heteroatoms. The fourth-order valence-electron chi connectivity index (χ4n) is 2.06. The highest BCUT2D eigenvalue weighted by molar-refractivity contribution is 7.12. The van der Waals surface area contributed by atoms with E-state index in [1.165, 1.54) is 25.6 Å². The van der Waals surface area contributed by atoms with Gasteiger partial charge in [0.1, 0.15) is 0 Å². The summed E-state index contributed by atoms with van der Waals surface area (Å²) in [5.74, 6) is -0.396. The van der Waals surface area contributed by atoms with Gasteiger partial charge in [0.2, 0.25) is 0 Å². The highest BCUT2D eigenvalue weighted by Gasteiger charge is 2.12. The van der Waals surface area contributed by atoms with Crippen LogP contribution in [-0.4, -0.2) is 36.9 Å². The van der Waals surface area contributed by atoms with Gasteiger partial charge in [-0.3, -0.25) is 9.59 Å². The largest absolute Gasteiger partial charge is 0.493 e. The van der Waals surface area contributed by atoms with Gasteiger partial charge in [-0.25, -0.2) is 5.43 Å². The first kappa shape index (κ1) is 18.5. The molecule has 0 aliphatic heterocycles. The number of carboxylic acids is 1. The highest BCUT2D eigenvalue weighted by Crippen LogP contribution is 2.27. The van der Waals surface area contributed by atoms with Crippen molar-refractivity contribution in [3.8, 4) is 11.5 Å². The van der Waals surface area contributed by atoms with Gasteiger partial charge in [-0.2, -0.15) is 5.10 Å². The van der Waals surface area contributed by atoms with Crippen LogP contribution in [0.4, 0.5) is 0 Å². The van der Waals surface area contributed by atoms with E-state index in [4.69, 9.17) is 14.6 Å². The Morgan fingerprint density at radius 1 is 1.16 bits per heavy atom. The van der Waals surface area contributed by atoms with Crippen LogP contribution in [0.1, 0.15) is 28.1 Å². The Balaban J connectivity index is 2.16. The first-order valence-corrected chi connectivity index (χ1v) is 8.27. The molecule has 25 heavy (non-hydrogen) atoms. The molecule has 0 unspecified atom stereocenters. The summed E-state index contributed by atoms with van der Waals surface area (Å²) in [5, 5.41) is 14.8. The zero-order valence-corrected chi connectivity index (χ0v) is 14.6. The fourth-order valence-corrected chi connectivity index (χ4v) is 2.81. The number of carboxylic acid groups (broad SMARTS) is 1.